The van der Waals surface area contributed by atoms with Crippen molar-refractivity contribution < 1.29 is 37.4 Å². The van der Waals surface area contributed by atoms with Crippen molar-refractivity contribution in [2.24, 2.45) is 5.92 Å². The van der Waals surface area contributed by atoms with E-state index in [9.17, 15) is 9.59 Å². The highest BCUT2D eigenvalue weighted by Gasteiger charge is 2.58. The van der Waals surface area contributed by atoms with Gasteiger partial charge in [-0.15, -0.1) is 0 Å². The second-order valence-electron chi connectivity index (χ2n) is 16.1. The highest BCUT2D eigenvalue weighted by atomic mass is 28.4. The number of rotatable bonds is 8. The maximum atomic E-state index is 14.3. The molecular weight excluding hydrogens is 559 g/mol. The third-order valence-corrected chi connectivity index (χ3v) is 18.7. The zero-order chi connectivity index (χ0) is 31.6. The molecule has 3 rings (SSSR count). The summed E-state index contributed by atoms with van der Waals surface area (Å²) in [5, 5.41) is -0.173. The lowest BCUT2D eigenvalue weighted by molar-refractivity contribution is -0.161. The van der Waals surface area contributed by atoms with Crippen molar-refractivity contribution in [2.45, 2.75) is 161 Å². The minimum absolute atomic E-state index is 0.0854. The molecule has 0 aromatic heterocycles. The molecular formula is C30H57NO8Si2. The quantitative estimate of drug-likeness (QED) is 0.315. The van der Waals surface area contributed by atoms with E-state index in [0.29, 0.717) is 19.6 Å². The molecule has 3 aliphatic heterocycles. The van der Waals surface area contributed by atoms with Gasteiger partial charge in [-0.3, -0.25) is 14.5 Å². The first-order chi connectivity index (χ1) is 18.3. The van der Waals surface area contributed by atoms with E-state index in [1.807, 2.05) is 27.7 Å². The Kier molecular flexibility index (Phi) is 9.65. The molecule has 3 heterocycles. The molecule has 0 spiro atoms. The Labute approximate surface area is 250 Å². The number of nitrogens with zero attached hydrogens (tertiary/aromatic N) is 1. The summed E-state index contributed by atoms with van der Waals surface area (Å²) in [4.78, 5) is 28.9. The smallest absolute Gasteiger partial charge is 0.235 e. The van der Waals surface area contributed by atoms with Crippen LogP contribution in [0.5, 0.6) is 0 Å². The van der Waals surface area contributed by atoms with Gasteiger partial charge in [-0.05, 0) is 70.4 Å². The lowest BCUT2D eigenvalue weighted by Gasteiger charge is -2.43. The molecule has 41 heavy (non-hydrogen) atoms. The number of hydrogen-bond donors (Lipinski definition) is 0. The Morgan fingerprint density at radius 3 is 1.56 bits per heavy atom. The Morgan fingerprint density at radius 1 is 0.829 bits per heavy atom. The van der Waals surface area contributed by atoms with Gasteiger partial charge in [-0.25, -0.2) is 0 Å². The molecule has 0 unspecified atom stereocenters. The van der Waals surface area contributed by atoms with Crippen LogP contribution in [-0.4, -0.2) is 88.6 Å². The summed E-state index contributed by atoms with van der Waals surface area (Å²) in [5.74, 6) is -2.71. The monoisotopic (exact) mass is 615 g/mol. The normalized spacial score (nSPS) is 30.6. The molecule has 11 heteroatoms. The van der Waals surface area contributed by atoms with Gasteiger partial charge in [0.25, 0.3) is 0 Å². The summed E-state index contributed by atoms with van der Waals surface area (Å²) in [6, 6.07) is -0.525. The summed E-state index contributed by atoms with van der Waals surface area (Å²) < 4.78 is 38.6. The highest BCUT2D eigenvalue weighted by Crippen LogP contribution is 2.45. The van der Waals surface area contributed by atoms with Crippen molar-refractivity contribution in [3.05, 3.63) is 0 Å². The molecule has 3 aliphatic rings. The van der Waals surface area contributed by atoms with E-state index >= 15 is 0 Å². The van der Waals surface area contributed by atoms with Crippen molar-refractivity contribution in [3.8, 4) is 0 Å². The van der Waals surface area contributed by atoms with Crippen molar-refractivity contribution in [1.82, 2.24) is 4.90 Å². The number of likely N-dealkylation sites (tertiary alicyclic amines) is 1. The van der Waals surface area contributed by atoms with Crippen molar-refractivity contribution in [3.63, 3.8) is 0 Å². The number of carbonyl (C=O) groups is 2. The van der Waals surface area contributed by atoms with Crippen LogP contribution in [-0.2, 0) is 37.4 Å². The zero-order valence-electron chi connectivity index (χ0n) is 28.3. The maximum absolute atomic E-state index is 14.3. The van der Waals surface area contributed by atoms with Gasteiger partial charge in [0.05, 0.1) is 37.4 Å². The van der Waals surface area contributed by atoms with Gasteiger partial charge in [-0.1, -0.05) is 41.5 Å². The molecule has 0 N–H and O–H groups in total. The summed E-state index contributed by atoms with van der Waals surface area (Å²) >= 11 is 0. The third kappa shape index (κ3) is 7.53. The largest absolute Gasteiger partial charge is 0.410 e. The Bertz CT molecular complexity index is 984. The first-order valence-corrected chi connectivity index (χ1v) is 20.9. The predicted molar refractivity (Wildman–Crippen MR) is 163 cm³/mol. The van der Waals surface area contributed by atoms with Crippen LogP contribution in [0.15, 0.2) is 0 Å². The van der Waals surface area contributed by atoms with Gasteiger partial charge in [-0.2, -0.15) is 0 Å². The first kappa shape index (κ1) is 34.8. The Balaban J connectivity index is 2.06. The molecule has 6 atom stereocenters. The van der Waals surface area contributed by atoms with Crippen LogP contribution in [0.1, 0.15) is 82.6 Å². The van der Waals surface area contributed by atoms with E-state index in [0.717, 1.165) is 0 Å². The number of ether oxygens (including phenoxy) is 4. The lowest BCUT2D eigenvalue weighted by Crippen LogP contribution is -2.56. The zero-order valence-corrected chi connectivity index (χ0v) is 30.3. The summed E-state index contributed by atoms with van der Waals surface area (Å²) in [5.41, 5.74) is 0. The molecule has 0 aromatic rings. The Morgan fingerprint density at radius 2 is 1.22 bits per heavy atom. The molecule has 2 amide bonds. The molecule has 3 fully saturated rings. The fourth-order valence-corrected chi connectivity index (χ4v) is 8.05. The second kappa shape index (κ2) is 11.4. The fraction of sp³-hybridized carbons (Fsp3) is 0.933. The van der Waals surface area contributed by atoms with E-state index < -0.39 is 64.6 Å². The summed E-state index contributed by atoms with van der Waals surface area (Å²) in [6.07, 6.45) is -1.59. The summed E-state index contributed by atoms with van der Waals surface area (Å²) in [7, 11) is -4.69. The van der Waals surface area contributed by atoms with Crippen LogP contribution < -0.4 is 0 Å². The van der Waals surface area contributed by atoms with E-state index in [-0.39, 0.29) is 21.9 Å². The van der Waals surface area contributed by atoms with Crippen LogP contribution in [0.25, 0.3) is 0 Å². The molecule has 9 nitrogen and oxygen atoms in total. The molecule has 0 aliphatic carbocycles. The average Bonchev–Trinajstić information content (AvgIpc) is 3.42. The van der Waals surface area contributed by atoms with E-state index in [1.54, 1.807) is 0 Å². The molecule has 0 bridgehead atoms. The minimum atomic E-state index is -2.35. The number of hydrogen-bond acceptors (Lipinski definition) is 8. The number of amides is 2. The maximum Gasteiger partial charge on any atom is 0.235 e. The highest BCUT2D eigenvalue weighted by molar-refractivity contribution is 6.74. The van der Waals surface area contributed by atoms with Gasteiger partial charge in [0.1, 0.15) is 12.2 Å². The fourth-order valence-electron chi connectivity index (χ4n) is 5.36. The van der Waals surface area contributed by atoms with Gasteiger partial charge in [0.15, 0.2) is 28.2 Å². The van der Waals surface area contributed by atoms with Gasteiger partial charge in [0, 0.05) is 6.92 Å². The van der Waals surface area contributed by atoms with Crippen LogP contribution >= 0.6 is 0 Å². The van der Waals surface area contributed by atoms with Gasteiger partial charge in [0.2, 0.25) is 11.8 Å². The third-order valence-electron chi connectivity index (χ3n) is 9.76. The van der Waals surface area contributed by atoms with Crippen molar-refractivity contribution in [1.29, 1.82) is 0 Å². The van der Waals surface area contributed by atoms with Gasteiger partial charge < -0.3 is 27.8 Å². The topological polar surface area (TPSA) is 92.8 Å². The number of carbonyl (C=O) groups excluding carboxylic acids is 2. The van der Waals surface area contributed by atoms with Gasteiger partial charge >= 0.3 is 0 Å². The van der Waals surface area contributed by atoms with E-state index in [2.05, 4.69) is 67.7 Å². The second-order valence-corrected chi connectivity index (χ2v) is 25.6. The summed E-state index contributed by atoms with van der Waals surface area (Å²) in [6.45, 7) is 31.4. The predicted octanol–water partition coefficient (Wildman–Crippen LogP) is 5.83. The van der Waals surface area contributed by atoms with Crippen LogP contribution in [0, 0.1) is 5.92 Å². The first-order valence-electron chi connectivity index (χ1n) is 15.1. The molecule has 3 saturated heterocycles. The average molecular weight is 616 g/mol. The molecule has 0 saturated carbocycles. The Hall–Kier alpha value is -0.666. The van der Waals surface area contributed by atoms with Crippen molar-refractivity contribution in [2.75, 3.05) is 13.2 Å². The molecule has 0 aromatic carbocycles. The van der Waals surface area contributed by atoms with Crippen LogP contribution in [0.4, 0.5) is 0 Å². The van der Waals surface area contributed by atoms with E-state index in [1.165, 1.54) is 11.8 Å². The SMILES string of the molecule is CC(=O)N1C(=O)[C@@H]([C@@H](O[Si](C)(C)C(C)(C)C)[C@H]2COC(C)(C)O2)C[C@H]1[C@@H](O[Si](C)(C)C(C)(C)C)[C@@H]1COC(C)(C)O1. The van der Waals surface area contributed by atoms with Crippen LogP contribution in [0.2, 0.25) is 36.3 Å². The number of imide groups is 1. The minimum Gasteiger partial charge on any atom is -0.410 e. The van der Waals surface area contributed by atoms with E-state index in [4.69, 9.17) is 27.8 Å². The van der Waals surface area contributed by atoms with Crippen LogP contribution in [0.3, 0.4) is 0 Å². The van der Waals surface area contributed by atoms with Crippen molar-refractivity contribution >= 4 is 28.4 Å². The molecule has 238 valence electrons. The molecule has 0 radical (unpaired) electrons. The standard InChI is InChI=1S/C30H57NO8Si2/c1-19(32)31-21(25(23-18-35-30(10,11)37-23)39-41(14,15)28(5,6)7)16-20(26(31)33)24(22-17-34-29(8,9)36-22)38-40(12,13)27(2,3)4/h20-25H,16-18H2,1-15H3/t20-,21+,22-,23+,24-,25-/m1/s1. The lowest BCUT2D eigenvalue weighted by atomic mass is 9.92.